The third-order valence-electron chi connectivity index (χ3n) is 5.52. The van der Waals surface area contributed by atoms with Gasteiger partial charge in [-0.15, -0.1) is 0 Å². The van der Waals surface area contributed by atoms with Gasteiger partial charge in [0, 0.05) is 13.1 Å². The molecule has 0 saturated carbocycles. The molecule has 1 aromatic heterocycles. The Labute approximate surface area is 178 Å². The minimum atomic E-state index is 0.0477. The van der Waals surface area contributed by atoms with Crippen LogP contribution in [0.3, 0.4) is 0 Å². The molecule has 0 saturated heterocycles. The van der Waals surface area contributed by atoms with Gasteiger partial charge in [0.15, 0.2) is 11.5 Å². The summed E-state index contributed by atoms with van der Waals surface area (Å²) in [5.41, 5.74) is 2.03. The third kappa shape index (κ3) is 5.00. The van der Waals surface area contributed by atoms with Crippen LogP contribution >= 0.6 is 0 Å². The van der Waals surface area contributed by atoms with Crippen molar-refractivity contribution in [3.8, 4) is 11.5 Å². The summed E-state index contributed by atoms with van der Waals surface area (Å²) in [6.07, 6.45) is 1.84. The molecule has 0 fully saturated rings. The van der Waals surface area contributed by atoms with Crippen molar-refractivity contribution in [2.24, 2.45) is 0 Å². The molecule has 0 N–H and O–H groups in total. The topological polar surface area (TPSA) is 56.6 Å². The Hall–Kier alpha value is -2.86. The third-order valence-corrected chi connectivity index (χ3v) is 5.52. The molecule has 1 heterocycles. The molecule has 6 heteroatoms. The van der Waals surface area contributed by atoms with Crippen molar-refractivity contribution in [1.82, 2.24) is 14.5 Å². The average molecular weight is 410 g/mol. The van der Waals surface area contributed by atoms with Gasteiger partial charge in [-0.05, 0) is 62.7 Å². The van der Waals surface area contributed by atoms with Crippen molar-refractivity contribution in [3.63, 3.8) is 0 Å². The van der Waals surface area contributed by atoms with Gasteiger partial charge in [-0.2, -0.15) is 0 Å². The van der Waals surface area contributed by atoms with E-state index in [1.165, 1.54) is 5.56 Å². The molecular weight excluding hydrogens is 378 g/mol. The van der Waals surface area contributed by atoms with Crippen LogP contribution in [-0.4, -0.2) is 48.3 Å². The molecule has 0 atom stereocenters. The highest BCUT2D eigenvalue weighted by molar-refractivity contribution is 5.77. The molecule has 2 aromatic carbocycles. The Morgan fingerprint density at radius 1 is 1.03 bits per heavy atom. The lowest BCUT2D eigenvalue weighted by Gasteiger charge is -2.21. The molecule has 30 heavy (non-hydrogen) atoms. The van der Waals surface area contributed by atoms with Crippen LogP contribution in [-0.2, 0) is 13.0 Å². The summed E-state index contributed by atoms with van der Waals surface area (Å²) >= 11 is 0. The number of ether oxygens (including phenoxy) is 2. The van der Waals surface area contributed by atoms with E-state index in [-0.39, 0.29) is 5.56 Å². The molecule has 0 aliphatic carbocycles. The SMILES string of the molecule is CCN(CCCn1c(C)nc2ccccc2c1=O)CCc1ccc(OC)c(OC)c1. The van der Waals surface area contributed by atoms with Gasteiger partial charge >= 0.3 is 0 Å². The molecule has 0 spiro atoms. The smallest absolute Gasteiger partial charge is 0.261 e. The lowest BCUT2D eigenvalue weighted by molar-refractivity contribution is 0.280. The minimum absolute atomic E-state index is 0.0477. The molecular formula is C24H31N3O3. The maximum atomic E-state index is 12.8. The second-order valence-corrected chi connectivity index (χ2v) is 7.36. The zero-order chi connectivity index (χ0) is 21.5. The molecule has 3 aromatic rings. The Bertz CT molecular complexity index is 1050. The van der Waals surface area contributed by atoms with Crippen molar-refractivity contribution in [1.29, 1.82) is 0 Å². The Kier molecular flexibility index (Phi) is 7.46. The molecule has 3 rings (SSSR count). The summed E-state index contributed by atoms with van der Waals surface area (Å²) in [4.78, 5) is 19.8. The highest BCUT2D eigenvalue weighted by atomic mass is 16.5. The average Bonchev–Trinajstić information content (AvgIpc) is 2.77. The van der Waals surface area contributed by atoms with E-state index in [4.69, 9.17) is 9.47 Å². The largest absolute Gasteiger partial charge is 0.493 e. The highest BCUT2D eigenvalue weighted by Crippen LogP contribution is 2.27. The van der Waals surface area contributed by atoms with E-state index >= 15 is 0 Å². The van der Waals surface area contributed by atoms with E-state index in [2.05, 4.69) is 22.9 Å². The normalized spacial score (nSPS) is 11.2. The molecule has 0 bridgehead atoms. The summed E-state index contributed by atoms with van der Waals surface area (Å²) in [6.45, 7) is 7.61. The number of rotatable bonds is 10. The first-order chi connectivity index (χ1) is 14.6. The van der Waals surface area contributed by atoms with E-state index in [1.54, 1.807) is 18.8 Å². The van der Waals surface area contributed by atoms with Gasteiger partial charge in [-0.3, -0.25) is 9.36 Å². The number of nitrogens with zero attached hydrogens (tertiary/aromatic N) is 3. The first-order valence-corrected chi connectivity index (χ1v) is 10.5. The van der Waals surface area contributed by atoms with Gasteiger partial charge < -0.3 is 14.4 Å². The van der Waals surface area contributed by atoms with Gasteiger partial charge in [0.25, 0.3) is 5.56 Å². The fraction of sp³-hybridized carbons (Fsp3) is 0.417. The summed E-state index contributed by atoms with van der Waals surface area (Å²) in [7, 11) is 3.31. The predicted octanol–water partition coefficient (Wildman–Crippen LogP) is 3.68. The number of para-hydroxylation sites is 1. The quantitative estimate of drug-likeness (QED) is 0.511. The maximum absolute atomic E-state index is 12.8. The Morgan fingerprint density at radius 3 is 2.53 bits per heavy atom. The molecule has 0 aliphatic heterocycles. The number of fused-ring (bicyclic) bond motifs is 1. The van der Waals surface area contributed by atoms with Crippen molar-refractivity contribution < 1.29 is 9.47 Å². The van der Waals surface area contributed by atoms with Gasteiger partial charge in [-0.1, -0.05) is 25.1 Å². The molecule has 160 valence electrons. The van der Waals surface area contributed by atoms with Gasteiger partial charge in [0.1, 0.15) is 5.82 Å². The zero-order valence-electron chi connectivity index (χ0n) is 18.4. The summed E-state index contributed by atoms with van der Waals surface area (Å²) < 4.78 is 12.5. The number of methoxy groups -OCH3 is 2. The number of likely N-dealkylation sites (N-methyl/N-ethyl adjacent to an activating group) is 1. The van der Waals surface area contributed by atoms with E-state index in [1.807, 2.05) is 43.3 Å². The van der Waals surface area contributed by atoms with Crippen molar-refractivity contribution >= 4 is 10.9 Å². The van der Waals surface area contributed by atoms with Crippen LogP contribution < -0.4 is 15.0 Å². The van der Waals surface area contributed by atoms with E-state index in [0.29, 0.717) is 11.9 Å². The number of benzene rings is 2. The minimum Gasteiger partial charge on any atom is -0.493 e. The second kappa shape index (κ2) is 10.3. The van der Waals surface area contributed by atoms with Crippen molar-refractivity contribution in [2.45, 2.75) is 33.2 Å². The fourth-order valence-electron chi connectivity index (χ4n) is 3.75. The highest BCUT2D eigenvalue weighted by Gasteiger charge is 2.10. The fourth-order valence-corrected chi connectivity index (χ4v) is 3.75. The summed E-state index contributed by atoms with van der Waals surface area (Å²) in [5.74, 6) is 2.28. The standard InChI is InChI=1S/C24H31N3O3/c1-5-26(16-13-19-11-12-22(29-3)23(17-19)30-4)14-8-15-27-18(2)25-21-10-7-6-9-20(21)24(27)28/h6-7,9-12,17H,5,8,13-16H2,1-4H3. The van der Waals surface area contributed by atoms with Crippen LogP contribution in [0.4, 0.5) is 0 Å². The predicted molar refractivity (Wildman–Crippen MR) is 121 cm³/mol. The van der Waals surface area contributed by atoms with E-state index in [0.717, 1.165) is 55.3 Å². The zero-order valence-corrected chi connectivity index (χ0v) is 18.4. The van der Waals surface area contributed by atoms with Crippen LogP contribution in [0, 0.1) is 6.92 Å². The van der Waals surface area contributed by atoms with Crippen LogP contribution in [0.15, 0.2) is 47.3 Å². The Morgan fingerprint density at radius 2 is 1.80 bits per heavy atom. The molecule has 0 unspecified atom stereocenters. The first-order valence-electron chi connectivity index (χ1n) is 10.5. The van der Waals surface area contributed by atoms with Crippen LogP contribution in [0.2, 0.25) is 0 Å². The van der Waals surface area contributed by atoms with Gasteiger partial charge in [-0.25, -0.2) is 4.98 Å². The van der Waals surface area contributed by atoms with Crippen LogP contribution in [0.1, 0.15) is 24.7 Å². The molecule has 6 nitrogen and oxygen atoms in total. The van der Waals surface area contributed by atoms with Crippen LogP contribution in [0.25, 0.3) is 10.9 Å². The van der Waals surface area contributed by atoms with Crippen molar-refractivity contribution in [2.75, 3.05) is 33.9 Å². The van der Waals surface area contributed by atoms with Gasteiger partial charge in [0.05, 0.1) is 25.1 Å². The number of aryl methyl sites for hydroxylation is 1. The number of aromatic nitrogens is 2. The monoisotopic (exact) mass is 409 g/mol. The Balaban J connectivity index is 1.59. The molecule has 0 aliphatic rings. The maximum Gasteiger partial charge on any atom is 0.261 e. The second-order valence-electron chi connectivity index (χ2n) is 7.36. The van der Waals surface area contributed by atoms with Gasteiger partial charge in [0.2, 0.25) is 0 Å². The molecule has 0 radical (unpaired) electrons. The first kappa shape index (κ1) is 21.8. The summed E-state index contributed by atoms with van der Waals surface area (Å²) in [6, 6.07) is 13.6. The van der Waals surface area contributed by atoms with E-state index in [9.17, 15) is 4.79 Å². The lowest BCUT2D eigenvalue weighted by atomic mass is 10.1. The molecule has 0 amide bonds. The summed E-state index contributed by atoms with van der Waals surface area (Å²) in [5, 5.41) is 0.684. The van der Waals surface area contributed by atoms with Crippen LogP contribution in [0.5, 0.6) is 11.5 Å². The van der Waals surface area contributed by atoms with E-state index < -0.39 is 0 Å². The number of hydrogen-bond acceptors (Lipinski definition) is 5. The number of hydrogen-bond donors (Lipinski definition) is 0. The lowest BCUT2D eigenvalue weighted by Crippen LogP contribution is -2.30. The van der Waals surface area contributed by atoms with Crippen molar-refractivity contribution in [3.05, 3.63) is 64.2 Å².